The Morgan fingerprint density at radius 1 is 1.40 bits per heavy atom. The number of piperidine rings is 1. The molecule has 1 fully saturated rings. The number of nitrogens with one attached hydrogen (secondary N) is 1. The molecule has 0 atom stereocenters. The zero-order valence-corrected chi connectivity index (χ0v) is 12.9. The van der Waals surface area contributed by atoms with Gasteiger partial charge in [-0.1, -0.05) is 0 Å². The highest BCUT2D eigenvalue weighted by atomic mass is 79.9. The summed E-state index contributed by atoms with van der Waals surface area (Å²) in [7, 11) is 0. The molecule has 0 saturated carbocycles. The van der Waals surface area contributed by atoms with Gasteiger partial charge in [-0.3, -0.25) is 9.59 Å². The number of hydrogen-bond donors (Lipinski definition) is 1. The molecule has 2 heterocycles. The molecule has 0 aromatic carbocycles. The van der Waals surface area contributed by atoms with Crippen molar-refractivity contribution >= 4 is 33.8 Å². The van der Waals surface area contributed by atoms with Crippen molar-refractivity contribution in [1.29, 1.82) is 0 Å². The van der Waals surface area contributed by atoms with Gasteiger partial charge in [0.1, 0.15) is 5.76 Å². The van der Waals surface area contributed by atoms with Crippen molar-refractivity contribution in [2.24, 2.45) is 0 Å². The lowest BCUT2D eigenvalue weighted by atomic mass is 10.1. The molecule has 1 N–H and O–H groups in total. The Hall–Kier alpha value is -1.56. The molecule has 5 nitrogen and oxygen atoms in total. The van der Waals surface area contributed by atoms with Crippen molar-refractivity contribution in [3.8, 4) is 0 Å². The van der Waals surface area contributed by atoms with E-state index in [2.05, 4.69) is 21.2 Å². The van der Waals surface area contributed by atoms with Crippen LogP contribution in [0, 0.1) is 0 Å². The van der Waals surface area contributed by atoms with Gasteiger partial charge in [-0.15, -0.1) is 0 Å². The zero-order chi connectivity index (χ0) is 14.5. The van der Waals surface area contributed by atoms with Gasteiger partial charge in [0.2, 0.25) is 11.8 Å². The summed E-state index contributed by atoms with van der Waals surface area (Å²) >= 11 is 3.20. The first kappa shape index (κ1) is 14.8. The summed E-state index contributed by atoms with van der Waals surface area (Å²) in [5.41, 5.74) is 0. The lowest BCUT2D eigenvalue weighted by Gasteiger charge is -2.31. The number of amides is 2. The third-order valence-corrected chi connectivity index (χ3v) is 3.71. The first-order valence-corrected chi connectivity index (χ1v) is 7.33. The van der Waals surface area contributed by atoms with Crippen LogP contribution in [0.5, 0.6) is 0 Å². The minimum Gasteiger partial charge on any atom is -0.450 e. The van der Waals surface area contributed by atoms with Crippen molar-refractivity contribution in [3.63, 3.8) is 0 Å². The van der Waals surface area contributed by atoms with Crippen molar-refractivity contribution in [2.75, 3.05) is 13.1 Å². The second-order valence-electron chi connectivity index (χ2n) is 4.76. The molecule has 6 heteroatoms. The number of rotatable bonds is 3. The van der Waals surface area contributed by atoms with Gasteiger partial charge in [-0.2, -0.15) is 0 Å². The molecule has 20 heavy (non-hydrogen) atoms. The second-order valence-corrected chi connectivity index (χ2v) is 5.55. The summed E-state index contributed by atoms with van der Waals surface area (Å²) < 4.78 is 5.90. The fourth-order valence-corrected chi connectivity index (χ4v) is 2.48. The van der Waals surface area contributed by atoms with Crippen LogP contribution in [-0.2, 0) is 9.59 Å². The van der Waals surface area contributed by atoms with Crippen molar-refractivity contribution in [3.05, 3.63) is 28.6 Å². The quantitative estimate of drug-likeness (QED) is 0.858. The second kappa shape index (κ2) is 6.74. The summed E-state index contributed by atoms with van der Waals surface area (Å²) in [4.78, 5) is 24.8. The van der Waals surface area contributed by atoms with Crippen LogP contribution in [0.2, 0.25) is 0 Å². The molecule has 0 spiro atoms. The smallest absolute Gasteiger partial charge is 0.244 e. The summed E-state index contributed by atoms with van der Waals surface area (Å²) in [6.07, 6.45) is 4.68. The molecular formula is C14H17BrN2O3. The Bertz CT molecular complexity index is 516. The number of furan rings is 1. The van der Waals surface area contributed by atoms with E-state index in [-0.39, 0.29) is 17.9 Å². The number of carbonyl (C=O) groups is 2. The normalized spacial score (nSPS) is 16.6. The third-order valence-electron chi connectivity index (χ3n) is 3.28. The van der Waals surface area contributed by atoms with E-state index in [1.165, 1.54) is 6.08 Å². The molecule has 108 valence electrons. The van der Waals surface area contributed by atoms with Crippen LogP contribution in [0.15, 0.2) is 27.3 Å². The molecule has 0 aliphatic carbocycles. The highest BCUT2D eigenvalue weighted by Gasteiger charge is 2.21. The van der Waals surface area contributed by atoms with Gasteiger partial charge in [0.05, 0.1) is 0 Å². The molecule has 2 rings (SSSR count). The molecule has 2 amide bonds. The Kier molecular flexibility index (Phi) is 5.00. The first-order valence-electron chi connectivity index (χ1n) is 6.54. The predicted octanol–water partition coefficient (Wildman–Crippen LogP) is 2.18. The van der Waals surface area contributed by atoms with Gasteiger partial charge in [-0.25, -0.2) is 0 Å². The van der Waals surface area contributed by atoms with Crippen LogP contribution >= 0.6 is 15.9 Å². The minimum absolute atomic E-state index is 0.0954. The van der Waals surface area contributed by atoms with Crippen LogP contribution in [0.1, 0.15) is 25.5 Å². The van der Waals surface area contributed by atoms with E-state index in [0.717, 1.165) is 12.8 Å². The third kappa shape index (κ3) is 4.23. The van der Waals surface area contributed by atoms with Crippen molar-refractivity contribution in [1.82, 2.24) is 10.2 Å². The summed E-state index contributed by atoms with van der Waals surface area (Å²) in [5, 5.41) is 2.94. The molecule has 0 unspecified atom stereocenters. The van der Waals surface area contributed by atoms with E-state index >= 15 is 0 Å². The molecule has 1 aromatic rings. The Labute approximate surface area is 126 Å². The van der Waals surface area contributed by atoms with E-state index in [0.29, 0.717) is 23.5 Å². The number of nitrogens with zero attached hydrogens (tertiary/aromatic N) is 1. The minimum atomic E-state index is -0.140. The van der Waals surface area contributed by atoms with E-state index in [1.807, 2.05) is 0 Å². The van der Waals surface area contributed by atoms with Crippen molar-refractivity contribution in [2.45, 2.75) is 25.8 Å². The van der Waals surface area contributed by atoms with E-state index in [1.54, 1.807) is 30.0 Å². The first-order chi connectivity index (χ1) is 9.54. The summed E-state index contributed by atoms with van der Waals surface area (Å²) in [5.74, 6) is 0.579. The largest absolute Gasteiger partial charge is 0.450 e. The van der Waals surface area contributed by atoms with E-state index in [9.17, 15) is 9.59 Å². The molecule has 0 radical (unpaired) electrons. The van der Waals surface area contributed by atoms with Crippen molar-refractivity contribution < 1.29 is 14.0 Å². The Morgan fingerprint density at radius 2 is 2.10 bits per heavy atom. The van der Waals surface area contributed by atoms with Crippen LogP contribution < -0.4 is 5.32 Å². The van der Waals surface area contributed by atoms with Crippen LogP contribution in [0.3, 0.4) is 0 Å². The average Bonchev–Trinajstić information content (AvgIpc) is 2.83. The Morgan fingerprint density at radius 3 is 2.65 bits per heavy atom. The molecule has 0 bridgehead atoms. The standard InChI is InChI=1S/C14H17BrN2O3/c1-10(18)17-8-6-11(7-9-17)16-14(19)5-3-12-2-4-13(15)20-12/h2-5,11H,6-9H2,1H3,(H,16,19)/b5-3-. The summed E-state index contributed by atoms with van der Waals surface area (Å²) in [6, 6.07) is 3.68. The summed E-state index contributed by atoms with van der Waals surface area (Å²) in [6.45, 7) is 2.98. The highest BCUT2D eigenvalue weighted by molar-refractivity contribution is 9.10. The maximum absolute atomic E-state index is 11.8. The van der Waals surface area contributed by atoms with Gasteiger partial charge < -0.3 is 14.6 Å². The molecule has 1 aliphatic rings. The Balaban J connectivity index is 1.78. The molecular weight excluding hydrogens is 324 g/mol. The van der Waals surface area contributed by atoms with Gasteiger partial charge in [0.15, 0.2) is 4.67 Å². The van der Waals surface area contributed by atoms with E-state index in [4.69, 9.17) is 4.42 Å². The topological polar surface area (TPSA) is 62.6 Å². The van der Waals surface area contributed by atoms with Crippen LogP contribution in [0.4, 0.5) is 0 Å². The number of carbonyl (C=O) groups excluding carboxylic acids is 2. The molecule has 1 aromatic heterocycles. The number of halogens is 1. The highest BCUT2D eigenvalue weighted by Crippen LogP contribution is 2.15. The zero-order valence-electron chi connectivity index (χ0n) is 11.3. The van der Waals surface area contributed by atoms with Gasteiger partial charge in [-0.05, 0) is 47.0 Å². The monoisotopic (exact) mass is 340 g/mol. The lowest BCUT2D eigenvalue weighted by Crippen LogP contribution is -2.45. The maximum atomic E-state index is 11.8. The molecule has 1 saturated heterocycles. The van der Waals surface area contributed by atoms with Gasteiger partial charge >= 0.3 is 0 Å². The average molecular weight is 341 g/mol. The lowest BCUT2D eigenvalue weighted by molar-refractivity contribution is -0.129. The SMILES string of the molecule is CC(=O)N1CCC(NC(=O)/C=C\c2ccc(Br)o2)CC1. The van der Waals surface area contributed by atoms with Gasteiger partial charge in [0, 0.05) is 32.1 Å². The maximum Gasteiger partial charge on any atom is 0.244 e. The van der Waals surface area contributed by atoms with Crippen LogP contribution in [0.25, 0.3) is 6.08 Å². The van der Waals surface area contributed by atoms with E-state index < -0.39 is 0 Å². The fraction of sp³-hybridized carbons (Fsp3) is 0.429. The molecule has 1 aliphatic heterocycles. The van der Waals surface area contributed by atoms with Gasteiger partial charge in [0.25, 0.3) is 0 Å². The van der Waals surface area contributed by atoms with Crippen LogP contribution in [-0.4, -0.2) is 35.8 Å². The fourth-order valence-electron chi connectivity index (χ4n) is 2.16. The predicted molar refractivity (Wildman–Crippen MR) is 78.9 cm³/mol. The number of likely N-dealkylation sites (tertiary alicyclic amines) is 1. The number of hydrogen-bond acceptors (Lipinski definition) is 3.